The summed E-state index contributed by atoms with van der Waals surface area (Å²) in [5, 5.41) is 31.4. The highest BCUT2D eigenvalue weighted by molar-refractivity contribution is 6.07. The van der Waals surface area contributed by atoms with Gasteiger partial charge in [0.1, 0.15) is 5.60 Å². The Hall–Kier alpha value is -0.970. The van der Waals surface area contributed by atoms with Crippen molar-refractivity contribution in [3.63, 3.8) is 0 Å². The highest BCUT2D eigenvalue weighted by atomic mass is 16.3. The van der Waals surface area contributed by atoms with E-state index in [0.29, 0.717) is 24.0 Å². The van der Waals surface area contributed by atoms with Crippen molar-refractivity contribution in [3.8, 4) is 0 Å². The molecule has 0 unspecified atom stereocenters. The molecule has 104 valence electrons. The van der Waals surface area contributed by atoms with Crippen LogP contribution in [0.15, 0.2) is 23.3 Å². The van der Waals surface area contributed by atoms with Gasteiger partial charge in [-0.25, -0.2) is 0 Å². The van der Waals surface area contributed by atoms with E-state index in [0.717, 1.165) is 0 Å². The fraction of sp³-hybridized carbons (Fsp3) is 0.667. The number of carbonyl (C=O) groups excluding carboxylic acids is 1. The number of Topliss-reactive ketones (excluding diaryl/α,β-unsaturated/α-hetero) is 1. The topological polar surface area (TPSA) is 77.8 Å². The molecule has 0 amide bonds. The third kappa shape index (κ3) is 1.18. The van der Waals surface area contributed by atoms with Crippen LogP contribution in [0.3, 0.4) is 0 Å². The van der Waals surface area contributed by atoms with E-state index < -0.39 is 34.4 Å². The molecule has 3 aliphatic carbocycles. The largest absolute Gasteiger partial charge is 0.388 e. The molecule has 3 atom stereocenters. The lowest BCUT2D eigenvalue weighted by Gasteiger charge is -2.39. The Labute approximate surface area is 112 Å². The van der Waals surface area contributed by atoms with Crippen molar-refractivity contribution in [1.82, 2.24) is 0 Å². The summed E-state index contributed by atoms with van der Waals surface area (Å²) in [7, 11) is 0. The van der Waals surface area contributed by atoms with E-state index in [-0.39, 0.29) is 5.57 Å². The van der Waals surface area contributed by atoms with E-state index in [4.69, 9.17) is 0 Å². The van der Waals surface area contributed by atoms with Crippen molar-refractivity contribution in [1.29, 1.82) is 0 Å². The van der Waals surface area contributed by atoms with Crippen LogP contribution in [0.4, 0.5) is 0 Å². The molecule has 4 nitrogen and oxygen atoms in total. The van der Waals surface area contributed by atoms with Crippen LogP contribution in [0.5, 0.6) is 0 Å². The van der Waals surface area contributed by atoms with Crippen LogP contribution in [0, 0.1) is 10.8 Å². The Balaban J connectivity index is 2.23. The number of ketones is 1. The van der Waals surface area contributed by atoms with E-state index in [1.54, 1.807) is 13.8 Å². The van der Waals surface area contributed by atoms with Crippen LogP contribution in [0.2, 0.25) is 0 Å². The summed E-state index contributed by atoms with van der Waals surface area (Å²) >= 11 is 0. The zero-order valence-electron chi connectivity index (χ0n) is 11.5. The molecule has 0 heterocycles. The molecule has 1 fully saturated rings. The molecule has 0 aliphatic heterocycles. The molecule has 1 saturated carbocycles. The van der Waals surface area contributed by atoms with Crippen LogP contribution < -0.4 is 0 Å². The number of aliphatic hydroxyl groups excluding tert-OH is 2. The van der Waals surface area contributed by atoms with Crippen LogP contribution in [0.25, 0.3) is 0 Å². The maximum absolute atomic E-state index is 12.6. The maximum atomic E-state index is 12.6. The molecule has 0 aromatic carbocycles. The van der Waals surface area contributed by atoms with Gasteiger partial charge in [-0.05, 0) is 30.9 Å². The Morgan fingerprint density at radius 1 is 1.11 bits per heavy atom. The van der Waals surface area contributed by atoms with Gasteiger partial charge in [0.15, 0.2) is 5.78 Å². The van der Waals surface area contributed by atoms with Gasteiger partial charge in [-0.2, -0.15) is 0 Å². The third-order valence-corrected chi connectivity index (χ3v) is 5.52. The molecule has 3 N–H and O–H groups in total. The smallest absolute Gasteiger partial charge is 0.193 e. The number of carbonyl (C=O) groups is 1. The summed E-state index contributed by atoms with van der Waals surface area (Å²) in [6, 6.07) is 0. The van der Waals surface area contributed by atoms with Gasteiger partial charge >= 0.3 is 0 Å². The molecule has 0 aromatic heterocycles. The average Bonchev–Trinajstić information content (AvgIpc) is 3.09. The molecular formula is C15H20O4. The maximum Gasteiger partial charge on any atom is 0.193 e. The summed E-state index contributed by atoms with van der Waals surface area (Å²) in [6.07, 6.45) is -0.582. The SMILES string of the molecule is C=C1C2=C(C(=O)[C@@](C)(O)C13CC3)[C@H](O)C(C)(C)[C@H]2O. The van der Waals surface area contributed by atoms with Crippen molar-refractivity contribution in [3.05, 3.63) is 23.3 Å². The van der Waals surface area contributed by atoms with Gasteiger partial charge in [0, 0.05) is 16.4 Å². The Bertz CT molecular complexity index is 500. The molecule has 0 radical (unpaired) electrons. The second-order valence-electron chi connectivity index (χ2n) is 6.92. The van der Waals surface area contributed by atoms with Gasteiger partial charge in [0.05, 0.1) is 12.2 Å². The molecule has 0 aromatic rings. The standard InChI is InChI=1S/C15H20O4/c1-7-8-9(11(17)13(2,3)10(8)16)12(18)14(4,19)15(7)5-6-15/h10-11,16-17,19H,1,5-6H2,2-4H3/t10-,11-,14+/m0/s1. The van der Waals surface area contributed by atoms with E-state index in [1.165, 1.54) is 6.92 Å². The van der Waals surface area contributed by atoms with Crippen molar-refractivity contribution >= 4 is 5.78 Å². The van der Waals surface area contributed by atoms with Crippen molar-refractivity contribution in [2.45, 2.75) is 51.4 Å². The second kappa shape index (κ2) is 3.19. The summed E-state index contributed by atoms with van der Waals surface area (Å²) in [6.45, 7) is 8.95. The van der Waals surface area contributed by atoms with Crippen LogP contribution in [-0.2, 0) is 4.79 Å². The number of aliphatic hydroxyl groups is 3. The third-order valence-electron chi connectivity index (χ3n) is 5.52. The number of hydrogen-bond donors (Lipinski definition) is 3. The van der Waals surface area contributed by atoms with Gasteiger partial charge < -0.3 is 15.3 Å². The minimum Gasteiger partial charge on any atom is -0.388 e. The fourth-order valence-corrected chi connectivity index (χ4v) is 3.71. The second-order valence-corrected chi connectivity index (χ2v) is 6.92. The lowest BCUT2D eigenvalue weighted by atomic mass is 9.67. The molecule has 0 saturated heterocycles. The average molecular weight is 264 g/mol. The highest BCUT2D eigenvalue weighted by Gasteiger charge is 2.69. The Kier molecular flexibility index (Phi) is 2.19. The highest BCUT2D eigenvalue weighted by Crippen LogP contribution is 2.66. The van der Waals surface area contributed by atoms with Gasteiger partial charge in [0.25, 0.3) is 0 Å². The van der Waals surface area contributed by atoms with E-state index >= 15 is 0 Å². The first-order chi connectivity index (χ1) is 8.59. The predicted octanol–water partition coefficient (Wildman–Crippen LogP) is 0.715. The number of rotatable bonds is 0. The van der Waals surface area contributed by atoms with Gasteiger partial charge in [-0.1, -0.05) is 20.4 Å². The van der Waals surface area contributed by atoms with Crippen LogP contribution >= 0.6 is 0 Å². The molecule has 3 aliphatic rings. The molecule has 4 heteroatoms. The van der Waals surface area contributed by atoms with Gasteiger partial charge in [-0.3, -0.25) is 4.79 Å². The molecule has 0 bridgehead atoms. The summed E-state index contributed by atoms with van der Waals surface area (Å²) < 4.78 is 0. The van der Waals surface area contributed by atoms with Crippen LogP contribution in [0.1, 0.15) is 33.6 Å². The zero-order chi connectivity index (χ0) is 14.4. The summed E-state index contributed by atoms with van der Waals surface area (Å²) in [5.41, 5.74) is -1.74. The van der Waals surface area contributed by atoms with E-state index in [2.05, 4.69) is 6.58 Å². The Morgan fingerprint density at radius 2 is 1.58 bits per heavy atom. The van der Waals surface area contributed by atoms with Gasteiger partial charge in [0.2, 0.25) is 0 Å². The lowest BCUT2D eigenvalue weighted by molar-refractivity contribution is -0.139. The van der Waals surface area contributed by atoms with Crippen LogP contribution in [-0.4, -0.2) is 38.9 Å². The first-order valence-electron chi connectivity index (χ1n) is 6.66. The molecule has 19 heavy (non-hydrogen) atoms. The minimum atomic E-state index is -1.52. The first-order valence-corrected chi connectivity index (χ1v) is 6.66. The fourth-order valence-electron chi connectivity index (χ4n) is 3.71. The van der Waals surface area contributed by atoms with Crippen molar-refractivity contribution in [2.24, 2.45) is 10.8 Å². The summed E-state index contributed by atoms with van der Waals surface area (Å²) in [5.74, 6) is -0.454. The zero-order valence-corrected chi connectivity index (χ0v) is 11.5. The van der Waals surface area contributed by atoms with Crippen molar-refractivity contribution in [2.75, 3.05) is 0 Å². The quantitative estimate of drug-likeness (QED) is 0.602. The van der Waals surface area contributed by atoms with Crippen molar-refractivity contribution < 1.29 is 20.1 Å². The number of hydrogen-bond acceptors (Lipinski definition) is 4. The van der Waals surface area contributed by atoms with Gasteiger partial charge in [-0.15, -0.1) is 0 Å². The molecule has 1 spiro atoms. The lowest BCUT2D eigenvalue weighted by Crippen LogP contribution is -2.50. The Morgan fingerprint density at radius 3 is 2.05 bits per heavy atom. The predicted molar refractivity (Wildman–Crippen MR) is 69.3 cm³/mol. The normalized spacial score (nSPS) is 42.8. The minimum absolute atomic E-state index is 0.157. The molecule has 3 rings (SSSR count). The van der Waals surface area contributed by atoms with E-state index in [1.807, 2.05) is 0 Å². The first kappa shape index (κ1) is 13.0. The summed E-state index contributed by atoms with van der Waals surface area (Å²) in [4.78, 5) is 12.6. The monoisotopic (exact) mass is 264 g/mol. The van der Waals surface area contributed by atoms with E-state index in [9.17, 15) is 20.1 Å². The molecular weight excluding hydrogens is 244 g/mol.